The normalized spacial score (nSPS) is 15.9. The minimum absolute atomic E-state index is 0.00241. The van der Waals surface area contributed by atoms with Gasteiger partial charge >= 0.3 is 6.09 Å². The van der Waals surface area contributed by atoms with Crippen molar-refractivity contribution in [3.63, 3.8) is 0 Å². The first-order valence-corrected chi connectivity index (χ1v) is 11.9. The van der Waals surface area contributed by atoms with Crippen molar-refractivity contribution in [3.8, 4) is 0 Å². The number of hydrogen-bond donors (Lipinski definition) is 3. The molecule has 2 amide bonds. The SMILES string of the molecule is O=C(NCCc1cnc[nH]1)c1ccc(N2CCC(N3C(=O)OCc4ccccc43)CC2)c(N([O-])O)c1. The number of aromatic nitrogens is 2. The zero-order valence-corrected chi connectivity index (χ0v) is 19.6. The highest BCUT2D eigenvalue weighted by molar-refractivity contribution is 5.96. The van der Waals surface area contributed by atoms with Gasteiger partial charge in [0.05, 0.1) is 23.4 Å². The summed E-state index contributed by atoms with van der Waals surface area (Å²) in [6, 6.07) is 12.4. The van der Waals surface area contributed by atoms with Gasteiger partial charge in [-0.2, -0.15) is 0 Å². The molecule has 1 aromatic heterocycles. The summed E-state index contributed by atoms with van der Waals surface area (Å²) in [4.78, 5) is 35.8. The van der Waals surface area contributed by atoms with Crippen LogP contribution in [0.15, 0.2) is 55.0 Å². The number of aromatic amines is 1. The zero-order valence-electron chi connectivity index (χ0n) is 19.6. The quantitative estimate of drug-likeness (QED) is 0.429. The molecular formula is C25H27N6O5-. The van der Waals surface area contributed by atoms with E-state index in [0.717, 1.165) is 16.9 Å². The Bertz CT molecular complexity index is 1220. The van der Waals surface area contributed by atoms with E-state index in [4.69, 9.17) is 4.74 Å². The Hall–Kier alpha value is -4.09. The maximum Gasteiger partial charge on any atom is 0.414 e. The number of ether oxygens (including phenoxy) is 1. The maximum atomic E-state index is 12.6. The summed E-state index contributed by atoms with van der Waals surface area (Å²) in [5.41, 5.74) is 3.55. The molecule has 3 heterocycles. The number of carbonyl (C=O) groups is 2. The minimum Gasteiger partial charge on any atom is -0.733 e. The molecule has 36 heavy (non-hydrogen) atoms. The molecular weight excluding hydrogens is 464 g/mol. The van der Waals surface area contributed by atoms with Crippen LogP contribution < -0.4 is 20.3 Å². The third-order valence-corrected chi connectivity index (χ3v) is 6.65. The standard InChI is InChI=1S/C25H27N6O5/c32-24(27-10-7-19-14-26-16-28-19)17-5-6-22(23(13-17)31(34)35)29-11-8-20(9-12-29)30-21-4-2-1-3-18(21)15-36-25(30)33/h1-6,13-14,16,20,34H,7-12,15H2,(H,26,28)(H,27,32)/q-1. The van der Waals surface area contributed by atoms with E-state index < -0.39 is 0 Å². The molecule has 3 aromatic rings. The summed E-state index contributed by atoms with van der Waals surface area (Å²) in [5, 5.41) is 24.4. The van der Waals surface area contributed by atoms with Gasteiger partial charge in [-0.3, -0.25) is 14.9 Å². The molecule has 0 saturated carbocycles. The van der Waals surface area contributed by atoms with Gasteiger partial charge in [-0.25, -0.2) is 9.78 Å². The Kier molecular flexibility index (Phi) is 6.74. The topological polar surface area (TPSA) is 137 Å². The molecule has 2 aromatic carbocycles. The lowest BCUT2D eigenvalue weighted by molar-refractivity contribution is 0.0954. The van der Waals surface area contributed by atoms with Crippen LogP contribution in [-0.4, -0.2) is 52.9 Å². The van der Waals surface area contributed by atoms with Crippen LogP contribution in [0.2, 0.25) is 0 Å². The fraction of sp³-hybridized carbons (Fsp3) is 0.320. The second kappa shape index (κ2) is 10.3. The van der Waals surface area contributed by atoms with Crippen LogP contribution in [0.5, 0.6) is 0 Å². The van der Waals surface area contributed by atoms with Gasteiger partial charge in [0, 0.05) is 55.1 Å². The van der Waals surface area contributed by atoms with Crippen molar-refractivity contribution < 1.29 is 19.5 Å². The van der Waals surface area contributed by atoms with Gasteiger partial charge in [0.2, 0.25) is 0 Å². The van der Waals surface area contributed by atoms with E-state index in [0.29, 0.717) is 44.6 Å². The fourth-order valence-electron chi connectivity index (χ4n) is 4.81. The first kappa shape index (κ1) is 23.6. The van der Waals surface area contributed by atoms with Gasteiger partial charge in [0.25, 0.3) is 5.91 Å². The molecule has 0 spiro atoms. The Morgan fingerprint density at radius 2 is 2.03 bits per heavy atom. The Morgan fingerprint density at radius 1 is 1.22 bits per heavy atom. The predicted octanol–water partition coefficient (Wildman–Crippen LogP) is 3.20. The van der Waals surface area contributed by atoms with E-state index in [-0.39, 0.29) is 41.1 Å². The molecule has 188 valence electrons. The molecule has 2 aliphatic heterocycles. The van der Waals surface area contributed by atoms with Crippen molar-refractivity contribution in [2.75, 3.05) is 34.7 Å². The molecule has 5 rings (SSSR count). The first-order valence-electron chi connectivity index (χ1n) is 11.9. The number of cyclic esters (lactones) is 1. The van der Waals surface area contributed by atoms with Crippen LogP contribution in [0, 0.1) is 5.21 Å². The highest BCUT2D eigenvalue weighted by Gasteiger charge is 2.34. The smallest absolute Gasteiger partial charge is 0.414 e. The van der Waals surface area contributed by atoms with E-state index in [1.165, 1.54) is 6.07 Å². The second-order valence-electron chi connectivity index (χ2n) is 8.83. The largest absolute Gasteiger partial charge is 0.733 e. The van der Waals surface area contributed by atoms with Crippen molar-refractivity contribution >= 4 is 29.1 Å². The Balaban J connectivity index is 1.25. The molecule has 0 radical (unpaired) electrons. The summed E-state index contributed by atoms with van der Waals surface area (Å²) in [7, 11) is 0. The van der Waals surface area contributed by atoms with E-state index in [1.807, 2.05) is 29.2 Å². The number of carbonyl (C=O) groups excluding carboxylic acids is 2. The Labute approximate surface area is 207 Å². The summed E-state index contributed by atoms with van der Waals surface area (Å²) < 4.78 is 5.37. The average Bonchev–Trinajstić information content (AvgIpc) is 3.42. The van der Waals surface area contributed by atoms with Crippen molar-refractivity contribution in [2.24, 2.45) is 0 Å². The number of nitrogens with one attached hydrogen (secondary N) is 2. The molecule has 11 heteroatoms. The molecule has 11 nitrogen and oxygen atoms in total. The molecule has 0 aliphatic carbocycles. The number of imidazole rings is 1. The minimum atomic E-state index is -0.350. The van der Waals surface area contributed by atoms with Crippen LogP contribution in [0.3, 0.4) is 0 Å². The molecule has 0 bridgehead atoms. The van der Waals surface area contributed by atoms with Gasteiger partial charge in [-0.1, -0.05) is 18.2 Å². The lowest BCUT2D eigenvalue weighted by Gasteiger charge is -2.42. The third-order valence-electron chi connectivity index (χ3n) is 6.65. The van der Waals surface area contributed by atoms with Gasteiger partial charge in [0.1, 0.15) is 6.61 Å². The molecule has 1 saturated heterocycles. The summed E-state index contributed by atoms with van der Waals surface area (Å²) in [6.45, 7) is 1.79. The predicted molar refractivity (Wildman–Crippen MR) is 133 cm³/mol. The number of amides is 2. The van der Waals surface area contributed by atoms with Crippen LogP contribution >= 0.6 is 0 Å². The highest BCUT2D eigenvalue weighted by atomic mass is 16.8. The van der Waals surface area contributed by atoms with Gasteiger partial charge in [0.15, 0.2) is 0 Å². The number of para-hydroxylation sites is 1. The highest BCUT2D eigenvalue weighted by Crippen LogP contribution is 2.35. The Morgan fingerprint density at radius 3 is 2.78 bits per heavy atom. The van der Waals surface area contributed by atoms with Crippen LogP contribution in [0.4, 0.5) is 21.9 Å². The number of fused-ring (bicyclic) bond motifs is 1. The van der Waals surface area contributed by atoms with Crippen LogP contribution in [-0.2, 0) is 17.8 Å². The third kappa shape index (κ3) is 4.83. The maximum absolute atomic E-state index is 12.6. The van der Waals surface area contributed by atoms with E-state index in [1.54, 1.807) is 29.6 Å². The summed E-state index contributed by atoms with van der Waals surface area (Å²) >= 11 is 0. The number of nitrogens with zero attached hydrogens (tertiary/aromatic N) is 4. The average molecular weight is 492 g/mol. The van der Waals surface area contributed by atoms with Gasteiger partial charge in [-0.15, -0.1) is 0 Å². The number of piperidine rings is 1. The lowest BCUT2D eigenvalue weighted by atomic mass is 9.99. The number of benzene rings is 2. The second-order valence-corrected chi connectivity index (χ2v) is 8.83. The fourth-order valence-corrected chi connectivity index (χ4v) is 4.81. The van der Waals surface area contributed by atoms with Crippen molar-refractivity contribution in [1.82, 2.24) is 15.3 Å². The van der Waals surface area contributed by atoms with Gasteiger partial charge < -0.3 is 30.4 Å². The van der Waals surface area contributed by atoms with E-state index >= 15 is 0 Å². The van der Waals surface area contributed by atoms with Crippen LogP contribution in [0.25, 0.3) is 0 Å². The number of anilines is 3. The van der Waals surface area contributed by atoms with Crippen molar-refractivity contribution in [1.29, 1.82) is 0 Å². The van der Waals surface area contributed by atoms with E-state index in [2.05, 4.69) is 15.3 Å². The van der Waals surface area contributed by atoms with E-state index in [9.17, 15) is 20.0 Å². The molecule has 1 fully saturated rings. The van der Waals surface area contributed by atoms with Crippen molar-refractivity contribution in [2.45, 2.75) is 31.9 Å². The van der Waals surface area contributed by atoms with Gasteiger partial charge in [-0.05, 0) is 37.1 Å². The molecule has 0 atom stereocenters. The lowest BCUT2D eigenvalue weighted by Crippen LogP contribution is -2.49. The summed E-state index contributed by atoms with van der Waals surface area (Å²) in [5.74, 6) is -0.342. The summed E-state index contributed by atoms with van der Waals surface area (Å²) in [6.07, 6.45) is 4.82. The molecule has 0 unspecified atom stereocenters. The molecule has 3 N–H and O–H groups in total. The number of hydrogen-bond acceptors (Lipinski definition) is 8. The number of rotatable bonds is 7. The monoisotopic (exact) mass is 491 g/mol. The first-order chi connectivity index (χ1) is 17.5. The molecule has 2 aliphatic rings. The number of H-pyrrole nitrogens is 1. The van der Waals surface area contributed by atoms with Crippen LogP contribution in [0.1, 0.15) is 34.5 Å². The van der Waals surface area contributed by atoms with Crippen molar-refractivity contribution in [3.05, 3.63) is 77.0 Å². The zero-order chi connectivity index (χ0) is 25.1.